The van der Waals surface area contributed by atoms with E-state index in [-0.39, 0.29) is 30.2 Å². The fourth-order valence-electron chi connectivity index (χ4n) is 22.8. The molecule has 5 saturated heterocycles. The molecule has 743 valence electrons. The van der Waals surface area contributed by atoms with E-state index in [0.717, 1.165) is 243 Å². The minimum Gasteiger partial charge on any atom is -0.341 e. The predicted molar refractivity (Wildman–Crippen MR) is 535 cm³/mol. The van der Waals surface area contributed by atoms with Crippen molar-refractivity contribution in [1.82, 2.24) is 70.2 Å². The summed E-state index contributed by atoms with van der Waals surface area (Å²) < 4.78 is 0. The van der Waals surface area contributed by atoms with Crippen LogP contribution < -0.4 is 44.1 Å². The molecular formula is C102H190N23O5. The molecule has 0 N–H and O–H groups in total. The second kappa shape index (κ2) is 48.2. The molecule has 0 aromatic carbocycles. The minimum absolute atomic E-state index is 0.0108. The van der Waals surface area contributed by atoms with Crippen molar-refractivity contribution in [1.29, 1.82) is 0 Å². The maximum Gasteiger partial charge on any atom is 0.232 e. The van der Waals surface area contributed by atoms with Crippen LogP contribution >= 0.6 is 0 Å². The second-order valence-electron chi connectivity index (χ2n) is 46.5. The Morgan fingerprint density at radius 3 is 0.438 bits per heavy atom. The largest absolute Gasteiger partial charge is 0.341 e. The number of aromatic nitrogens is 9. The lowest BCUT2D eigenvalue weighted by Gasteiger charge is -2.53. The van der Waals surface area contributed by atoms with E-state index in [1.54, 1.807) is 0 Å². The molecule has 0 saturated carbocycles. The third-order valence-electron chi connectivity index (χ3n) is 29.4. The topological polar surface area (TPSA) is 261 Å². The Hall–Kier alpha value is -5.17. The minimum atomic E-state index is -0.728. The number of rotatable bonds is 55. The van der Waals surface area contributed by atoms with Crippen LogP contribution in [0.25, 0.3) is 0 Å². The Balaban J connectivity index is 1.24. The van der Waals surface area contributed by atoms with Crippen molar-refractivity contribution in [2.75, 3.05) is 129 Å². The van der Waals surface area contributed by atoms with Crippen molar-refractivity contribution in [3.8, 4) is 0 Å². The van der Waals surface area contributed by atoms with Crippen molar-refractivity contribution in [2.24, 2.45) is 0 Å². The highest BCUT2D eigenvalue weighted by molar-refractivity contribution is 5.52. The summed E-state index contributed by atoms with van der Waals surface area (Å²) in [5.41, 5.74) is -6.82. The fraction of sp³-hybridized carbons (Fsp3) is 0.912. The molecule has 130 heavy (non-hydrogen) atoms. The van der Waals surface area contributed by atoms with Gasteiger partial charge in [0.05, 0.1) is 0 Å². The molecule has 28 heteroatoms. The highest BCUT2D eigenvalue weighted by Gasteiger charge is 2.54. The maximum atomic E-state index is 14.7. The zero-order valence-corrected chi connectivity index (χ0v) is 88.4. The van der Waals surface area contributed by atoms with Gasteiger partial charge >= 0.3 is 0 Å². The monoisotopic (exact) mass is 1820 g/mol. The van der Waals surface area contributed by atoms with Crippen LogP contribution in [0, 0.1) is 0 Å². The highest BCUT2D eigenvalue weighted by atomic mass is 16.5. The van der Waals surface area contributed by atoms with Gasteiger partial charge in [-0.25, -0.2) is 0 Å². The third kappa shape index (κ3) is 29.0. The first-order valence-corrected chi connectivity index (χ1v) is 52.6. The van der Waals surface area contributed by atoms with E-state index in [1.807, 2.05) is 0 Å². The van der Waals surface area contributed by atoms with E-state index in [0.29, 0.717) is 127 Å². The van der Waals surface area contributed by atoms with Crippen molar-refractivity contribution in [2.45, 2.75) is 518 Å². The molecule has 0 spiro atoms. The normalized spacial score (nSPS) is 20.8. The highest BCUT2D eigenvalue weighted by Crippen LogP contribution is 2.48. The van der Waals surface area contributed by atoms with Crippen LogP contribution in [-0.2, 0) is 26.0 Å². The van der Waals surface area contributed by atoms with Gasteiger partial charge in [-0.1, -0.05) is 146 Å². The molecule has 5 fully saturated rings. The van der Waals surface area contributed by atoms with Gasteiger partial charge in [0.2, 0.25) is 53.5 Å². The van der Waals surface area contributed by atoms with E-state index < -0.39 is 55.4 Å². The first-order valence-electron chi connectivity index (χ1n) is 52.6. The van der Waals surface area contributed by atoms with Gasteiger partial charge in [0.25, 0.3) is 0 Å². The number of nitrogens with zero attached hydrogens (tertiary/aromatic N) is 23. The van der Waals surface area contributed by atoms with Crippen LogP contribution in [0.4, 0.5) is 53.5 Å². The smallest absolute Gasteiger partial charge is 0.232 e. The summed E-state index contributed by atoms with van der Waals surface area (Å²) in [7, 11) is 0. The average molecular weight is 1820 g/mol. The molecule has 0 unspecified atom stereocenters. The lowest BCUT2D eigenvalue weighted by atomic mass is 9.78. The van der Waals surface area contributed by atoms with Gasteiger partial charge in [-0.2, -0.15) is 44.9 Å². The van der Waals surface area contributed by atoms with Gasteiger partial charge in [-0.3, -0.25) is 0 Å². The molecule has 28 nitrogen and oxygen atoms in total. The average Bonchev–Trinajstić information content (AvgIpc) is 0.760. The first-order chi connectivity index (χ1) is 61.1. The zero-order valence-electron chi connectivity index (χ0n) is 88.4. The van der Waals surface area contributed by atoms with Gasteiger partial charge in [-0.05, 0) is 286 Å². The molecule has 5 aliphatic rings. The maximum absolute atomic E-state index is 14.7. The molecule has 3 aromatic rings. The number of hydroxylamine groups is 10. The van der Waals surface area contributed by atoms with E-state index in [1.165, 1.54) is 25.3 Å². The summed E-state index contributed by atoms with van der Waals surface area (Å²) in [6.45, 7) is 72.6. The summed E-state index contributed by atoms with van der Waals surface area (Å²) in [6.07, 6.45) is 31.9. The molecular weight excluding hydrogens is 1630 g/mol. The number of hydrogen-bond donors (Lipinski definition) is 0. The molecule has 3 aromatic heterocycles. The quantitative estimate of drug-likeness (QED) is 0.0476. The predicted octanol–water partition coefficient (Wildman–Crippen LogP) is 22.1. The van der Waals surface area contributed by atoms with Crippen LogP contribution in [0.3, 0.4) is 0 Å². The molecule has 5 aliphatic heterocycles. The van der Waals surface area contributed by atoms with Crippen molar-refractivity contribution in [3.63, 3.8) is 0 Å². The standard InChI is InChI=1S/C102H190N23O5/c1-30-39-56-112(57-40-31-2)84-103-85(113(58-41-32-3)59-42-33-4)106-88(105-84)117(80-71-95(14,15)122(127)96(16,17)72-80)65-52-48-50-54-67-119(82-75-99(22,23)124(129)100(24,25)76-82)91-109-90(116(64-47-38-9)79-69-93(10,11)121(126)94(12,13)70-79)110-92(111-91)120(83-77-101(26,27)125(130)102(28,29)78-83)68-55-51-49-53-66-118(81-73-97(18,19)123(128)98(20,21)74-81)89-107-86(114(60-43-34-5)61-44-35-6)104-87(108-89)115(62-45-36-7)63-46-37-8/h79-83H,30-78H2,1-29H3. The molecule has 0 atom stereocenters. The van der Waals surface area contributed by atoms with Gasteiger partial charge in [0.1, 0.15) is 0 Å². The Labute approximate surface area is 792 Å². The fourth-order valence-corrected chi connectivity index (χ4v) is 22.8. The number of unbranched alkanes of at least 4 members (excludes halogenated alkanes) is 15. The van der Waals surface area contributed by atoms with Gasteiger partial charge in [-0.15, -0.1) is 51.4 Å². The molecule has 5 radical (unpaired) electrons. The molecule has 0 amide bonds. The van der Waals surface area contributed by atoms with E-state index in [2.05, 4.69) is 245 Å². The number of anilines is 9. The Bertz CT molecular complexity index is 3410. The van der Waals surface area contributed by atoms with E-state index >= 15 is 0 Å². The summed E-state index contributed by atoms with van der Waals surface area (Å²) in [4.78, 5) is 72.9. The summed E-state index contributed by atoms with van der Waals surface area (Å²) in [5, 5.41) is 79.3. The van der Waals surface area contributed by atoms with Crippen molar-refractivity contribution >= 4 is 53.5 Å². The third-order valence-corrected chi connectivity index (χ3v) is 29.4. The summed E-state index contributed by atoms with van der Waals surface area (Å²) in [5.74, 6) is 6.20. The van der Waals surface area contributed by atoms with Crippen LogP contribution in [-0.4, -0.2) is 241 Å². The lowest BCUT2D eigenvalue weighted by Crippen LogP contribution is -2.63. The number of hydrogen-bond acceptors (Lipinski definition) is 23. The van der Waals surface area contributed by atoms with Crippen molar-refractivity contribution < 1.29 is 26.0 Å². The van der Waals surface area contributed by atoms with Gasteiger partial charge in [0.15, 0.2) is 0 Å². The summed E-state index contributed by atoms with van der Waals surface area (Å²) in [6, 6.07) is -0.372. The van der Waals surface area contributed by atoms with Crippen LogP contribution in [0.15, 0.2) is 0 Å². The van der Waals surface area contributed by atoms with E-state index in [9.17, 15) is 26.0 Å². The van der Waals surface area contributed by atoms with E-state index in [4.69, 9.17) is 44.9 Å². The Morgan fingerprint density at radius 2 is 0.300 bits per heavy atom. The van der Waals surface area contributed by atoms with Crippen molar-refractivity contribution in [3.05, 3.63) is 0 Å². The van der Waals surface area contributed by atoms with Gasteiger partial charge < -0.3 is 44.1 Å². The molecule has 8 rings (SSSR count). The van der Waals surface area contributed by atoms with Crippen LogP contribution in [0.5, 0.6) is 0 Å². The molecule has 0 bridgehead atoms. The Kier molecular flexibility index (Phi) is 40.9. The second-order valence-corrected chi connectivity index (χ2v) is 46.5. The van der Waals surface area contributed by atoms with Gasteiger partial charge in [0, 0.05) is 171 Å². The van der Waals surface area contributed by atoms with Crippen LogP contribution in [0.1, 0.15) is 432 Å². The number of piperidine rings is 5. The summed E-state index contributed by atoms with van der Waals surface area (Å²) >= 11 is 0. The Morgan fingerprint density at radius 1 is 0.185 bits per heavy atom. The lowest BCUT2D eigenvalue weighted by molar-refractivity contribution is -0.289. The first kappa shape index (κ1) is 110. The van der Waals surface area contributed by atoms with Crippen LogP contribution in [0.2, 0.25) is 0 Å². The molecule has 0 aliphatic carbocycles. The SMILES string of the molecule is CCCCN(CCCC)c1nc(N(CCCC)CCCC)nc(N(CCCCCCN(c2nc(N(CCCC)C3CC(C)(C)N([O])C(C)(C)C3)nc(N(CCCCCCN(c3nc(N(CCCC)CCCC)nc(N(CCCC)CCCC)n3)C3CC(C)(C)N([O])C(C)(C)C3)C3CC(C)(C)N([O])C(C)(C)C3)n2)C2CC(C)(C)N([O])C(C)(C)C2)C2CC(C)(C)N([O])C(C)(C)C2)n1. The zero-order chi connectivity index (χ0) is 96.2. The molecule has 8 heterocycles.